The Kier molecular flexibility index (Phi) is 7.63. The molecule has 3 aromatic rings. The summed E-state index contributed by atoms with van der Waals surface area (Å²) in [6.07, 6.45) is 0.548. The van der Waals surface area contributed by atoms with Crippen molar-refractivity contribution in [3.63, 3.8) is 0 Å². The minimum atomic E-state index is -3.91. The van der Waals surface area contributed by atoms with Crippen LogP contribution >= 0.6 is 7.60 Å². The van der Waals surface area contributed by atoms with E-state index in [-0.39, 0.29) is 46.7 Å². The largest absolute Gasteiger partial charge is 0.465 e. The van der Waals surface area contributed by atoms with Gasteiger partial charge in [0.1, 0.15) is 22.9 Å². The first-order valence-electron chi connectivity index (χ1n) is 11.4. The number of nitrogens with zero attached hydrogens (tertiary/aromatic N) is 1. The fourth-order valence-corrected chi connectivity index (χ4v) is 5.47. The SMILES string of the molecule is COC(=O)c1ccc(OP(=O)(CCN2CCCNc3c2c(=O)c3=O)Oc2ccc(C(=O)OC)cc2)cc1. The minimum Gasteiger partial charge on any atom is -0.465 e. The normalized spacial score (nSPS) is 13.2. The van der Waals surface area contributed by atoms with Crippen molar-refractivity contribution in [1.29, 1.82) is 0 Å². The number of hydrogen-bond donors (Lipinski definition) is 1. The molecular weight excluding hydrogens is 503 g/mol. The molecule has 1 heterocycles. The number of nitrogens with one attached hydrogen (secondary N) is 1. The second-order valence-electron chi connectivity index (χ2n) is 8.20. The highest BCUT2D eigenvalue weighted by molar-refractivity contribution is 7.54. The molecule has 0 amide bonds. The Morgan fingerprint density at radius 2 is 1.38 bits per heavy atom. The van der Waals surface area contributed by atoms with Gasteiger partial charge in [-0.1, -0.05) is 0 Å². The monoisotopic (exact) mass is 528 g/mol. The van der Waals surface area contributed by atoms with Crippen molar-refractivity contribution in [2.45, 2.75) is 6.42 Å². The number of methoxy groups -OCH3 is 2. The molecule has 1 aliphatic heterocycles. The van der Waals surface area contributed by atoms with Gasteiger partial charge in [-0.05, 0) is 55.0 Å². The molecule has 11 nitrogen and oxygen atoms in total. The van der Waals surface area contributed by atoms with Crippen LogP contribution in [0, 0.1) is 0 Å². The van der Waals surface area contributed by atoms with E-state index in [0.29, 0.717) is 19.5 Å². The quantitative estimate of drug-likeness (QED) is 0.249. The highest BCUT2D eigenvalue weighted by atomic mass is 31.2. The van der Waals surface area contributed by atoms with Gasteiger partial charge < -0.3 is 28.7 Å². The fraction of sp³-hybridized carbons (Fsp3) is 0.280. The van der Waals surface area contributed by atoms with Crippen molar-refractivity contribution in [3.8, 4) is 11.5 Å². The van der Waals surface area contributed by atoms with E-state index in [1.54, 1.807) is 4.90 Å². The van der Waals surface area contributed by atoms with Crippen LogP contribution in [0.15, 0.2) is 58.1 Å². The highest BCUT2D eigenvalue weighted by Gasteiger charge is 2.33. The molecule has 37 heavy (non-hydrogen) atoms. The molecule has 4 rings (SSSR count). The molecule has 0 fully saturated rings. The van der Waals surface area contributed by atoms with E-state index in [0.717, 1.165) is 0 Å². The van der Waals surface area contributed by atoms with Gasteiger partial charge in [0.25, 0.3) is 10.9 Å². The summed E-state index contributed by atoms with van der Waals surface area (Å²) in [5.74, 6) is -0.686. The Labute approximate surface area is 212 Å². The van der Waals surface area contributed by atoms with Crippen LogP contribution in [0.5, 0.6) is 11.5 Å². The van der Waals surface area contributed by atoms with Gasteiger partial charge in [0.15, 0.2) is 0 Å². The maximum atomic E-state index is 13.9. The standard InChI is InChI=1S/C25H25N2O9P/c1-33-24(30)16-4-8-18(9-5-16)35-37(32,36-19-10-6-17(7-11-19)25(31)34-2)15-14-27-13-3-12-26-20-21(27)23(29)22(20)28/h4-11,26H,3,12-15H2,1-2H3. The lowest BCUT2D eigenvalue weighted by Crippen LogP contribution is -2.42. The molecule has 12 heteroatoms. The average Bonchev–Trinajstić information content (AvgIpc) is 3.12. The van der Waals surface area contributed by atoms with Gasteiger partial charge in [0.2, 0.25) is 0 Å². The number of benzene rings is 2. The first-order chi connectivity index (χ1) is 17.7. The summed E-state index contributed by atoms with van der Waals surface area (Å²) in [5.41, 5.74) is -0.0240. The molecule has 0 radical (unpaired) electrons. The number of carbonyl (C=O) groups is 2. The van der Waals surface area contributed by atoms with Crippen LogP contribution in [0.1, 0.15) is 27.1 Å². The lowest BCUT2D eigenvalue weighted by atomic mass is 10.2. The van der Waals surface area contributed by atoms with Crippen LogP contribution in [0.25, 0.3) is 0 Å². The van der Waals surface area contributed by atoms with E-state index in [2.05, 4.69) is 14.8 Å². The molecule has 0 spiro atoms. The lowest BCUT2D eigenvalue weighted by molar-refractivity contribution is 0.0592. The highest BCUT2D eigenvalue weighted by Crippen LogP contribution is 2.48. The Balaban J connectivity index is 1.57. The number of ether oxygens (including phenoxy) is 2. The summed E-state index contributed by atoms with van der Waals surface area (Å²) in [4.78, 5) is 49.3. The zero-order valence-corrected chi connectivity index (χ0v) is 21.1. The van der Waals surface area contributed by atoms with E-state index >= 15 is 0 Å². The molecule has 0 aliphatic carbocycles. The van der Waals surface area contributed by atoms with Crippen molar-refractivity contribution < 1.29 is 32.7 Å². The number of esters is 2. The molecule has 0 saturated carbocycles. The van der Waals surface area contributed by atoms with E-state index in [9.17, 15) is 23.7 Å². The van der Waals surface area contributed by atoms with Crippen LogP contribution in [0.2, 0.25) is 0 Å². The summed E-state index contributed by atoms with van der Waals surface area (Å²) in [7, 11) is -1.38. The molecule has 0 unspecified atom stereocenters. The maximum Gasteiger partial charge on any atom is 0.432 e. The molecular formula is C25H25N2O9P. The van der Waals surface area contributed by atoms with E-state index < -0.39 is 30.4 Å². The van der Waals surface area contributed by atoms with Gasteiger partial charge in [-0.2, -0.15) is 0 Å². The van der Waals surface area contributed by atoms with Crippen molar-refractivity contribution in [2.75, 3.05) is 50.2 Å². The molecule has 1 aliphatic rings. The summed E-state index contributed by atoms with van der Waals surface area (Å²) >= 11 is 0. The van der Waals surface area contributed by atoms with Crippen LogP contribution in [0.3, 0.4) is 0 Å². The number of rotatable bonds is 9. The molecule has 0 bridgehead atoms. The van der Waals surface area contributed by atoms with E-state index in [1.807, 2.05) is 0 Å². The van der Waals surface area contributed by atoms with Gasteiger partial charge >= 0.3 is 19.5 Å². The fourth-order valence-electron chi connectivity index (χ4n) is 3.88. The third-order valence-corrected chi connectivity index (χ3v) is 7.52. The van der Waals surface area contributed by atoms with Crippen LogP contribution < -0.4 is 30.1 Å². The van der Waals surface area contributed by atoms with Gasteiger partial charge in [0.05, 0.1) is 31.5 Å². The Morgan fingerprint density at radius 3 is 1.86 bits per heavy atom. The van der Waals surface area contributed by atoms with E-state index in [1.165, 1.54) is 62.8 Å². The number of carbonyl (C=O) groups excluding carboxylic acids is 2. The third kappa shape index (κ3) is 5.67. The topological polar surface area (TPSA) is 138 Å². The van der Waals surface area contributed by atoms with E-state index in [4.69, 9.17) is 9.05 Å². The summed E-state index contributed by atoms with van der Waals surface area (Å²) in [5, 5.41) is 2.97. The van der Waals surface area contributed by atoms with Crippen LogP contribution in [-0.4, -0.2) is 52.0 Å². The number of hydrogen-bond acceptors (Lipinski definition) is 11. The smallest absolute Gasteiger partial charge is 0.432 e. The van der Waals surface area contributed by atoms with Crippen LogP contribution in [-0.2, 0) is 14.0 Å². The van der Waals surface area contributed by atoms with Gasteiger partial charge in [-0.15, -0.1) is 0 Å². The predicted octanol–water partition coefficient (Wildman–Crippen LogP) is 2.83. The second kappa shape index (κ2) is 10.9. The molecule has 3 aromatic carbocycles. The van der Waals surface area contributed by atoms with Gasteiger partial charge in [-0.3, -0.25) is 9.59 Å². The first kappa shape index (κ1) is 26.0. The zero-order chi connectivity index (χ0) is 26.6. The first-order valence-corrected chi connectivity index (χ1v) is 13.1. The van der Waals surface area contributed by atoms with Crippen LogP contribution in [0.4, 0.5) is 11.4 Å². The Bertz CT molecular complexity index is 1340. The maximum absolute atomic E-state index is 13.9. The van der Waals surface area contributed by atoms with Gasteiger partial charge in [0, 0.05) is 19.6 Å². The Morgan fingerprint density at radius 1 is 0.865 bits per heavy atom. The predicted molar refractivity (Wildman–Crippen MR) is 136 cm³/mol. The molecule has 0 saturated heterocycles. The lowest BCUT2D eigenvalue weighted by Gasteiger charge is -2.27. The molecule has 0 aromatic heterocycles. The van der Waals surface area contributed by atoms with Gasteiger partial charge in [-0.25, -0.2) is 14.2 Å². The van der Waals surface area contributed by atoms with Crippen molar-refractivity contribution >= 4 is 30.9 Å². The summed E-state index contributed by atoms with van der Waals surface area (Å²) in [6, 6.07) is 11.7. The van der Waals surface area contributed by atoms with Crippen molar-refractivity contribution in [3.05, 3.63) is 80.1 Å². The second-order valence-corrected chi connectivity index (χ2v) is 10.2. The van der Waals surface area contributed by atoms with Crippen molar-refractivity contribution in [2.24, 2.45) is 0 Å². The van der Waals surface area contributed by atoms with Crippen molar-refractivity contribution in [1.82, 2.24) is 0 Å². The molecule has 194 valence electrons. The number of fused-ring (bicyclic) bond motifs is 1. The third-order valence-electron chi connectivity index (χ3n) is 5.79. The average molecular weight is 528 g/mol. The molecule has 1 N–H and O–H groups in total. The molecule has 0 atom stereocenters. The Hall–Kier alpha value is -4.11. The zero-order valence-electron chi connectivity index (χ0n) is 20.2. The summed E-state index contributed by atoms with van der Waals surface area (Å²) in [6.45, 7) is 1.14. The summed E-state index contributed by atoms with van der Waals surface area (Å²) < 4.78 is 34.9. The minimum absolute atomic E-state index is 0.122. The number of anilines is 2.